The molecule has 0 fully saturated rings. The summed E-state index contributed by atoms with van der Waals surface area (Å²) in [6, 6.07) is 0. The summed E-state index contributed by atoms with van der Waals surface area (Å²) in [4.78, 5) is 19.1. The van der Waals surface area contributed by atoms with Gasteiger partial charge >= 0.3 is 5.97 Å². The molecule has 19 heavy (non-hydrogen) atoms. The predicted octanol–water partition coefficient (Wildman–Crippen LogP) is 1.36. The monoisotopic (exact) mass is 306 g/mol. The van der Waals surface area contributed by atoms with E-state index in [9.17, 15) is 13.2 Å². The molecule has 1 aromatic heterocycles. The van der Waals surface area contributed by atoms with Crippen LogP contribution in [0.3, 0.4) is 0 Å². The fraction of sp³-hybridized carbons (Fsp3) is 0.545. The minimum atomic E-state index is -3.67. The van der Waals surface area contributed by atoms with Crippen LogP contribution in [0.15, 0.2) is 11.4 Å². The summed E-state index contributed by atoms with van der Waals surface area (Å²) in [6.45, 7) is 4.90. The number of hydrogen-bond donors (Lipinski definition) is 0. The number of carbonyl (C=O) groups excluding carboxylic acids is 1. The van der Waals surface area contributed by atoms with Crippen molar-refractivity contribution in [2.45, 2.75) is 31.2 Å². The van der Waals surface area contributed by atoms with Gasteiger partial charge in [-0.3, -0.25) is 0 Å². The molecule has 1 atom stereocenters. The van der Waals surface area contributed by atoms with Crippen molar-refractivity contribution in [1.29, 1.82) is 0 Å². The summed E-state index contributed by atoms with van der Waals surface area (Å²) in [5, 5.41) is -1.12. The van der Waals surface area contributed by atoms with Crippen LogP contribution in [-0.2, 0) is 14.6 Å². The molecule has 1 rings (SSSR count). The Morgan fingerprint density at radius 3 is 2.63 bits per heavy atom. The lowest BCUT2D eigenvalue weighted by molar-refractivity contribution is 0.0524. The highest BCUT2D eigenvalue weighted by atomic mass is 35.5. The summed E-state index contributed by atoms with van der Waals surface area (Å²) >= 11 is 5.54. The van der Waals surface area contributed by atoms with Crippen LogP contribution in [0.5, 0.6) is 0 Å². The number of nitrogens with zero attached hydrogens (tertiary/aromatic N) is 2. The van der Waals surface area contributed by atoms with Crippen molar-refractivity contribution in [2.24, 2.45) is 0 Å². The number of aryl methyl sites for hydroxylation is 1. The summed E-state index contributed by atoms with van der Waals surface area (Å²) < 4.78 is 28.8. The second-order valence-electron chi connectivity index (χ2n) is 3.88. The van der Waals surface area contributed by atoms with Crippen LogP contribution in [0.25, 0.3) is 0 Å². The Balaban J connectivity index is 3.17. The molecule has 0 saturated heterocycles. The lowest BCUT2D eigenvalue weighted by Gasteiger charge is -2.10. The number of alkyl halides is 1. The third kappa shape index (κ3) is 3.42. The van der Waals surface area contributed by atoms with Gasteiger partial charge in [-0.25, -0.2) is 23.2 Å². The second-order valence-corrected chi connectivity index (χ2v) is 6.45. The zero-order valence-electron chi connectivity index (χ0n) is 10.9. The number of hydrogen-bond acceptors (Lipinski definition) is 6. The molecule has 0 aliphatic carbocycles. The van der Waals surface area contributed by atoms with E-state index in [0.717, 1.165) is 6.20 Å². The highest BCUT2D eigenvalue weighted by molar-refractivity contribution is 7.91. The number of carbonyl (C=O) groups is 1. The molecular weight excluding hydrogens is 292 g/mol. The van der Waals surface area contributed by atoms with Crippen LogP contribution >= 0.6 is 11.6 Å². The van der Waals surface area contributed by atoms with Gasteiger partial charge in [0.25, 0.3) is 0 Å². The maximum atomic E-state index is 12.0. The standard InChI is InChI=1S/C11H15ClN2O4S/c1-4-18-10(15)9-6-13-11(14-8(9)3)19(16,17)7(2)5-12/h6-7H,4-5H2,1-3H3. The summed E-state index contributed by atoms with van der Waals surface area (Å²) in [5.74, 6) is -0.626. The lowest BCUT2D eigenvalue weighted by atomic mass is 10.2. The van der Waals surface area contributed by atoms with E-state index in [2.05, 4.69) is 9.97 Å². The smallest absolute Gasteiger partial charge is 0.341 e. The minimum absolute atomic E-state index is 0.0512. The van der Waals surface area contributed by atoms with Crippen molar-refractivity contribution in [3.05, 3.63) is 17.5 Å². The zero-order valence-corrected chi connectivity index (χ0v) is 12.5. The van der Waals surface area contributed by atoms with E-state index in [1.807, 2.05) is 0 Å². The number of halogens is 1. The molecule has 0 radical (unpaired) electrons. The molecule has 0 saturated carbocycles. The third-order valence-corrected chi connectivity index (χ3v) is 5.03. The van der Waals surface area contributed by atoms with Gasteiger partial charge in [-0.2, -0.15) is 0 Å². The van der Waals surface area contributed by atoms with Crippen LogP contribution in [0, 0.1) is 6.92 Å². The van der Waals surface area contributed by atoms with E-state index < -0.39 is 21.1 Å². The van der Waals surface area contributed by atoms with Crippen LogP contribution < -0.4 is 0 Å². The first kappa shape index (κ1) is 15.8. The van der Waals surface area contributed by atoms with Gasteiger partial charge in [0.1, 0.15) is 0 Å². The highest BCUT2D eigenvalue weighted by Crippen LogP contribution is 2.15. The topological polar surface area (TPSA) is 86.2 Å². The van der Waals surface area contributed by atoms with Gasteiger partial charge in [0, 0.05) is 12.1 Å². The molecular formula is C11H15ClN2O4S. The fourth-order valence-corrected chi connectivity index (χ4v) is 2.74. The molecule has 0 aliphatic heterocycles. The Kier molecular flexibility index (Phi) is 5.25. The first-order chi connectivity index (χ1) is 8.84. The van der Waals surface area contributed by atoms with Crippen molar-refractivity contribution in [1.82, 2.24) is 9.97 Å². The van der Waals surface area contributed by atoms with Crippen molar-refractivity contribution >= 4 is 27.4 Å². The van der Waals surface area contributed by atoms with Gasteiger partial charge in [-0.1, -0.05) is 0 Å². The maximum absolute atomic E-state index is 12.0. The number of aromatic nitrogens is 2. The van der Waals surface area contributed by atoms with Gasteiger partial charge < -0.3 is 4.74 Å². The van der Waals surface area contributed by atoms with Crippen molar-refractivity contribution in [3.8, 4) is 0 Å². The summed E-state index contributed by atoms with van der Waals surface area (Å²) in [6.07, 6.45) is 1.16. The van der Waals surface area contributed by atoms with Crippen LogP contribution in [0.2, 0.25) is 0 Å². The maximum Gasteiger partial charge on any atom is 0.341 e. The predicted molar refractivity (Wildman–Crippen MR) is 70.1 cm³/mol. The van der Waals surface area contributed by atoms with E-state index in [1.165, 1.54) is 13.8 Å². The molecule has 6 nitrogen and oxygen atoms in total. The molecule has 1 unspecified atom stereocenters. The fourth-order valence-electron chi connectivity index (χ4n) is 1.25. The molecule has 0 bridgehead atoms. The molecule has 106 valence electrons. The molecule has 1 aromatic rings. The molecule has 0 aliphatic rings. The Morgan fingerprint density at radius 2 is 2.16 bits per heavy atom. The largest absolute Gasteiger partial charge is 0.462 e. The van der Waals surface area contributed by atoms with E-state index in [0.29, 0.717) is 0 Å². The van der Waals surface area contributed by atoms with Gasteiger partial charge in [0.2, 0.25) is 15.0 Å². The normalized spacial score (nSPS) is 13.1. The molecule has 0 amide bonds. The highest BCUT2D eigenvalue weighted by Gasteiger charge is 2.26. The first-order valence-electron chi connectivity index (χ1n) is 5.65. The van der Waals surface area contributed by atoms with E-state index in [-0.39, 0.29) is 28.9 Å². The Hall–Kier alpha value is -1.21. The van der Waals surface area contributed by atoms with E-state index >= 15 is 0 Å². The SMILES string of the molecule is CCOC(=O)c1cnc(S(=O)(=O)C(C)CCl)nc1C. The van der Waals surface area contributed by atoms with Crippen LogP contribution in [0.1, 0.15) is 29.9 Å². The Morgan fingerprint density at radius 1 is 1.53 bits per heavy atom. The van der Waals surface area contributed by atoms with Crippen molar-refractivity contribution < 1.29 is 17.9 Å². The van der Waals surface area contributed by atoms with Crippen molar-refractivity contribution in [2.75, 3.05) is 12.5 Å². The molecule has 1 heterocycles. The number of ether oxygens (including phenoxy) is 1. The van der Waals surface area contributed by atoms with Crippen LogP contribution in [-0.4, -0.2) is 42.1 Å². The minimum Gasteiger partial charge on any atom is -0.462 e. The van der Waals surface area contributed by atoms with Crippen LogP contribution in [0.4, 0.5) is 0 Å². The molecule has 0 spiro atoms. The zero-order chi connectivity index (χ0) is 14.6. The molecule has 0 aromatic carbocycles. The number of esters is 1. The second kappa shape index (κ2) is 6.29. The first-order valence-corrected chi connectivity index (χ1v) is 7.73. The Bertz CT molecular complexity index is 574. The third-order valence-electron chi connectivity index (χ3n) is 2.45. The van der Waals surface area contributed by atoms with Gasteiger partial charge in [0.05, 0.1) is 23.1 Å². The molecule has 0 N–H and O–H groups in total. The average Bonchev–Trinajstić information content (AvgIpc) is 2.37. The van der Waals surface area contributed by atoms with Gasteiger partial charge in [-0.05, 0) is 20.8 Å². The Labute approximate surface area is 117 Å². The molecule has 8 heteroatoms. The van der Waals surface area contributed by atoms with Crippen molar-refractivity contribution in [3.63, 3.8) is 0 Å². The van der Waals surface area contributed by atoms with Gasteiger partial charge in [-0.15, -0.1) is 11.6 Å². The lowest BCUT2D eigenvalue weighted by Crippen LogP contribution is -2.23. The van der Waals surface area contributed by atoms with E-state index in [4.69, 9.17) is 16.3 Å². The number of sulfone groups is 1. The quantitative estimate of drug-likeness (QED) is 0.464. The average molecular weight is 307 g/mol. The van der Waals surface area contributed by atoms with Gasteiger partial charge in [0.15, 0.2) is 0 Å². The summed E-state index contributed by atoms with van der Waals surface area (Å²) in [5.41, 5.74) is 0.410. The summed E-state index contributed by atoms with van der Waals surface area (Å²) in [7, 11) is -3.67. The van der Waals surface area contributed by atoms with E-state index in [1.54, 1.807) is 6.92 Å². The number of rotatable bonds is 5.